The third kappa shape index (κ3) is 5.44. The maximum absolute atomic E-state index is 13.7. The average Bonchev–Trinajstić information content (AvgIpc) is 3.44. The molecular formula is C31H27N3O7S. The number of hydrogen-bond acceptors (Lipinski definition) is 8. The molecule has 0 fully saturated rings. The maximum Gasteiger partial charge on any atom is 0.339 e. The SMILES string of the molecule is C[C@@H](OC(=O)c1c2c(nc3ccccc13)/C(=C/c1ccc3c(c1)OCO3)CCC2)C(=O)Nc1ccc(S(N)(=O)=O)cc1. The third-order valence-corrected chi connectivity index (χ3v) is 8.14. The van der Waals surface area contributed by atoms with Gasteiger partial charge in [0.15, 0.2) is 17.6 Å². The molecule has 1 aromatic heterocycles. The van der Waals surface area contributed by atoms with Crippen molar-refractivity contribution in [1.29, 1.82) is 0 Å². The van der Waals surface area contributed by atoms with Gasteiger partial charge in [0.25, 0.3) is 5.91 Å². The number of esters is 1. The number of aromatic nitrogens is 1. The van der Waals surface area contributed by atoms with Gasteiger partial charge in [-0.25, -0.2) is 23.3 Å². The molecule has 3 aromatic carbocycles. The minimum Gasteiger partial charge on any atom is -0.454 e. The van der Waals surface area contributed by atoms with Crippen molar-refractivity contribution in [2.75, 3.05) is 12.1 Å². The minimum absolute atomic E-state index is 0.0822. The lowest BCUT2D eigenvalue weighted by molar-refractivity contribution is -0.123. The van der Waals surface area contributed by atoms with Crippen molar-refractivity contribution in [2.24, 2.45) is 5.14 Å². The molecule has 0 bridgehead atoms. The first-order chi connectivity index (χ1) is 20.2. The first-order valence-electron chi connectivity index (χ1n) is 13.3. The van der Waals surface area contributed by atoms with Gasteiger partial charge < -0.3 is 19.5 Å². The highest BCUT2D eigenvalue weighted by Gasteiger charge is 2.28. The molecule has 2 heterocycles. The number of primary sulfonamides is 1. The van der Waals surface area contributed by atoms with E-state index in [2.05, 4.69) is 5.32 Å². The molecular weight excluding hydrogens is 558 g/mol. The molecule has 214 valence electrons. The second-order valence-corrected chi connectivity index (χ2v) is 11.6. The highest BCUT2D eigenvalue weighted by atomic mass is 32.2. The number of amides is 1. The molecule has 1 atom stereocenters. The molecule has 0 radical (unpaired) electrons. The number of nitrogens with one attached hydrogen (secondary N) is 1. The van der Waals surface area contributed by atoms with Crippen molar-refractivity contribution >= 4 is 50.1 Å². The summed E-state index contributed by atoms with van der Waals surface area (Å²) in [6.45, 7) is 1.67. The number of para-hydroxylation sites is 1. The Labute approximate surface area is 242 Å². The number of hydrogen-bond donors (Lipinski definition) is 2. The summed E-state index contributed by atoms with van der Waals surface area (Å²) in [4.78, 5) is 31.4. The zero-order valence-electron chi connectivity index (χ0n) is 22.6. The summed E-state index contributed by atoms with van der Waals surface area (Å²) in [5.74, 6) is 0.196. The Balaban J connectivity index is 1.29. The summed E-state index contributed by atoms with van der Waals surface area (Å²) in [6.07, 6.45) is 3.14. The van der Waals surface area contributed by atoms with E-state index in [9.17, 15) is 18.0 Å². The molecule has 2 aliphatic rings. The molecule has 4 aromatic rings. The highest BCUT2D eigenvalue weighted by Crippen LogP contribution is 2.38. The molecule has 6 rings (SSSR count). The first kappa shape index (κ1) is 27.4. The maximum atomic E-state index is 13.7. The first-order valence-corrected chi connectivity index (χ1v) is 14.9. The lowest BCUT2D eigenvalue weighted by Crippen LogP contribution is -2.30. The van der Waals surface area contributed by atoms with E-state index in [0.717, 1.165) is 35.2 Å². The van der Waals surface area contributed by atoms with Gasteiger partial charge in [0.2, 0.25) is 16.8 Å². The fourth-order valence-corrected chi connectivity index (χ4v) is 5.67. The molecule has 3 N–H and O–H groups in total. The smallest absolute Gasteiger partial charge is 0.339 e. The van der Waals surface area contributed by atoms with Crippen LogP contribution >= 0.6 is 0 Å². The van der Waals surface area contributed by atoms with E-state index in [0.29, 0.717) is 40.1 Å². The van der Waals surface area contributed by atoms with E-state index < -0.39 is 28.0 Å². The minimum atomic E-state index is -3.86. The molecule has 10 nitrogen and oxygen atoms in total. The largest absolute Gasteiger partial charge is 0.454 e. The van der Waals surface area contributed by atoms with Crippen LogP contribution in [-0.2, 0) is 26.0 Å². The Morgan fingerprint density at radius 3 is 2.57 bits per heavy atom. The standard InChI is InChI=1S/C31H27N3O7S/c1-18(30(35)33-21-10-12-22(13-11-21)42(32,37)38)41-31(36)28-23-6-2-3-8-25(23)34-29-20(5-4-7-24(28)29)15-19-9-14-26-27(16-19)40-17-39-26/h2-3,6,8-16,18H,4-5,7,17H2,1H3,(H,33,35)(H2,32,37,38)/b20-15+/t18-/m1/s1. The molecule has 0 spiro atoms. The van der Waals surface area contributed by atoms with E-state index in [-0.39, 0.29) is 11.7 Å². The van der Waals surface area contributed by atoms with E-state index in [1.54, 1.807) is 0 Å². The number of pyridine rings is 1. The predicted molar refractivity (Wildman–Crippen MR) is 156 cm³/mol. The number of nitrogens with two attached hydrogens (primary N) is 1. The topological polar surface area (TPSA) is 147 Å². The quantitative estimate of drug-likeness (QED) is 0.310. The number of sulfonamides is 1. The van der Waals surface area contributed by atoms with Crippen LogP contribution in [0.5, 0.6) is 11.5 Å². The summed E-state index contributed by atoms with van der Waals surface area (Å²) >= 11 is 0. The summed E-state index contributed by atoms with van der Waals surface area (Å²) < 4.78 is 39.6. The van der Waals surface area contributed by atoms with Gasteiger partial charge in [-0.15, -0.1) is 0 Å². The van der Waals surface area contributed by atoms with Crippen molar-refractivity contribution in [3.63, 3.8) is 0 Å². The molecule has 0 unspecified atom stereocenters. The van der Waals surface area contributed by atoms with Gasteiger partial charge in [-0.2, -0.15) is 0 Å². The monoisotopic (exact) mass is 585 g/mol. The Kier molecular flexibility index (Phi) is 7.13. The van der Waals surface area contributed by atoms with E-state index in [4.69, 9.17) is 24.3 Å². The van der Waals surface area contributed by atoms with Gasteiger partial charge in [0, 0.05) is 11.1 Å². The van der Waals surface area contributed by atoms with Crippen molar-refractivity contribution < 1.29 is 32.2 Å². The van der Waals surface area contributed by atoms with E-state index in [1.807, 2.05) is 48.5 Å². The van der Waals surface area contributed by atoms with Crippen molar-refractivity contribution in [3.8, 4) is 11.5 Å². The molecule has 1 aliphatic heterocycles. The molecule has 11 heteroatoms. The van der Waals surface area contributed by atoms with Crippen LogP contribution in [0.2, 0.25) is 0 Å². The second-order valence-electron chi connectivity index (χ2n) is 10.1. The molecule has 42 heavy (non-hydrogen) atoms. The second kappa shape index (κ2) is 10.9. The van der Waals surface area contributed by atoms with Crippen molar-refractivity contribution in [3.05, 3.63) is 89.1 Å². The fourth-order valence-electron chi connectivity index (χ4n) is 5.16. The number of carbonyl (C=O) groups excluding carboxylic acids is 2. The van der Waals surface area contributed by atoms with Gasteiger partial charge in [0.1, 0.15) is 0 Å². The average molecular weight is 586 g/mol. The number of anilines is 1. The molecule has 1 aliphatic carbocycles. The number of benzene rings is 3. The molecule has 0 saturated carbocycles. The van der Waals surface area contributed by atoms with Crippen LogP contribution in [0.3, 0.4) is 0 Å². The van der Waals surface area contributed by atoms with E-state index >= 15 is 0 Å². The van der Waals surface area contributed by atoms with Gasteiger partial charge >= 0.3 is 5.97 Å². The number of allylic oxidation sites excluding steroid dienone is 1. The number of ether oxygens (including phenoxy) is 3. The predicted octanol–water partition coefficient (Wildman–Crippen LogP) is 4.67. The van der Waals surface area contributed by atoms with Crippen LogP contribution in [0.25, 0.3) is 22.6 Å². The Morgan fingerprint density at radius 1 is 1.02 bits per heavy atom. The van der Waals surface area contributed by atoms with Crippen LogP contribution in [0.4, 0.5) is 5.69 Å². The van der Waals surface area contributed by atoms with Gasteiger partial charge in [-0.3, -0.25) is 4.79 Å². The summed E-state index contributed by atoms with van der Waals surface area (Å²) in [5, 5.41) is 8.42. The zero-order valence-corrected chi connectivity index (χ0v) is 23.4. The highest BCUT2D eigenvalue weighted by molar-refractivity contribution is 7.89. The van der Waals surface area contributed by atoms with Crippen LogP contribution in [-0.4, -0.2) is 38.2 Å². The van der Waals surface area contributed by atoms with Crippen LogP contribution < -0.4 is 19.9 Å². The summed E-state index contributed by atoms with van der Waals surface area (Å²) in [7, 11) is -3.86. The van der Waals surface area contributed by atoms with Crippen LogP contribution in [0, 0.1) is 0 Å². The van der Waals surface area contributed by atoms with Crippen molar-refractivity contribution in [1.82, 2.24) is 4.98 Å². The van der Waals surface area contributed by atoms with Crippen LogP contribution in [0.1, 0.15) is 46.9 Å². The Bertz CT molecular complexity index is 1870. The molecule has 1 amide bonds. The summed E-state index contributed by atoms with van der Waals surface area (Å²) in [6, 6.07) is 18.5. The van der Waals surface area contributed by atoms with Gasteiger partial charge in [-0.05, 0) is 91.4 Å². The Morgan fingerprint density at radius 2 is 1.79 bits per heavy atom. The van der Waals surface area contributed by atoms with Gasteiger partial charge in [-0.1, -0.05) is 24.3 Å². The number of fused-ring (bicyclic) bond motifs is 3. The lowest BCUT2D eigenvalue weighted by Gasteiger charge is -2.23. The molecule has 0 saturated heterocycles. The van der Waals surface area contributed by atoms with E-state index in [1.165, 1.54) is 31.2 Å². The Hall–Kier alpha value is -4.74. The van der Waals surface area contributed by atoms with Gasteiger partial charge in [0.05, 0.1) is 21.7 Å². The number of rotatable bonds is 6. The summed E-state index contributed by atoms with van der Waals surface area (Å²) in [5.41, 5.74) is 4.81. The number of nitrogens with zero attached hydrogens (tertiary/aromatic N) is 1. The third-order valence-electron chi connectivity index (χ3n) is 7.22. The fraction of sp³-hybridized carbons (Fsp3) is 0.194. The van der Waals surface area contributed by atoms with Crippen LogP contribution in [0.15, 0.2) is 71.6 Å². The van der Waals surface area contributed by atoms with Crippen molar-refractivity contribution in [2.45, 2.75) is 37.2 Å². The number of carbonyl (C=O) groups is 2. The lowest BCUT2D eigenvalue weighted by atomic mass is 9.86. The normalized spacial score (nSPS) is 15.7. The zero-order chi connectivity index (χ0) is 29.4.